The SMILES string of the molecule is O=C(N[C@@H](Cc1ccc(Cl)c(Cl)c1)C(=O)N1CCC(c2ccccc2)CC1)c1cc(=O)c2ccccc2o1. The summed E-state index contributed by atoms with van der Waals surface area (Å²) in [6, 6.07) is 22.4. The number of amides is 2. The molecular weight excluding hydrogens is 523 g/mol. The van der Waals surface area contributed by atoms with Crippen molar-refractivity contribution in [2.24, 2.45) is 0 Å². The molecule has 0 radical (unpaired) electrons. The average molecular weight is 549 g/mol. The number of hydrogen-bond donors (Lipinski definition) is 1. The highest BCUT2D eigenvalue weighted by atomic mass is 35.5. The molecule has 8 heteroatoms. The molecule has 6 nitrogen and oxygen atoms in total. The fraction of sp³-hybridized carbons (Fsp3) is 0.233. The molecule has 1 aromatic heterocycles. The van der Waals surface area contributed by atoms with Crippen molar-refractivity contribution in [1.29, 1.82) is 0 Å². The number of carbonyl (C=O) groups is 2. The summed E-state index contributed by atoms with van der Waals surface area (Å²) in [7, 11) is 0. The van der Waals surface area contributed by atoms with Gasteiger partial charge in [0.2, 0.25) is 5.91 Å². The number of carbonyl (C=O) groups excluding carboxylic acids is 2. The molecular formula is C30H26Cl2N2O4. The van der Waals surface area contributed by atoms with Crippen LogP contribution >= 0.6 is 23.2 Å². The highest BCUT2D eigenvalue weighted by Crippen LogP contribution is 2.29. The molecule has 4 aromatic rings. The monoisotopic (exact) mass is 548 g/mol. The summed E-state index contributed by atoms with van der Waals surface area (Å²) in [6.07, 6.45) is 1.88. The van der Waals surface area contributed by atoms with Crippen LogP contribution in [0.2, 0.25) is 10.0 Å². The van der Waals surface area contributed by atoms with E-state index in [9.17, 15) is 14.4 Å². The van der Waals surface area contributed by atoms with Gasteiger partial charge in [-0.1, -0.05) is 71.7 Å². The minimum atomic E-state index is -0.884. The van der Waals surface area contributed by atoms with Gasteiger partial charge in [-0.05, 0) is 54.2 Å². The number of piperidine rings is 1. The first-order valence-electron chi connectivity index (χ1n) is 12.5. The highest BCUT2D eigenvalue weighted by Gasteiger charge is 2.31. The molecule has 194 valence electrons. The van der Waals surface area contributed by atoms with Crippen LogP contribution in [0, 0.1) is 0 Å². The van der Waals surface area contributed by atoms with Gasteiger partial charge in [0.25, 0.3) is 5.91 Å². The van der Waals surface area contributed by atoms with E-state index in [1.165, 1.54) is 5.56 Å². The van der Waals surface area contributed by atoms with Gasteiger partial charge >= 0.3 is 0 Å². The topological polar surface area (TPSA) is 79.6 Å². The summed E-state index contributed by atoms with van der Waals surface area (Å²) < 4.78 is 5.70. The van der Waals surface area contributed by atoms with Gasteiger partial charge in [0.05, 0.1) is 15.4 Å². The first-order chi connectivity index (χ1) is 18.4. The second-order valence-corrected chi connectivity index (χ2v) is 10.3. The van der Waals surface area contributed by atoms with Crippen molar-refractivity contribution in [3.63, 3.8) is 0 Å². The maximum atomic E-state index is 13.7. The molecule has 2 heterocycles. The zero-order valence-electron chi connectivity index (χ0n) is 20.5. The van der Waals surface area contributed by atoms with Gasteiger partial charge in [-0.3, -0.25) is 14.4 Å². The smallest absolute Gasteiger partial charge is 0.287 e. The van der Waals surface area contributed by atoms with Crippen LogP contribution in [0.3, 0.4) is 0 Å². The van der Waals surface area contributed by atoms with Crippen LogP contribution < -0.4 is 10.7 Å². The second kappa shape index (κ2) is 11.4. The molecule has 0 bridgehead atoms. The fourth-order valence-corrected chi connectivity index (χ4v) is 5.25. The Balaban J connectivity index is 1.37. The Kier molecular flexibility index (Phi) is 7.82. The van der Waals surface area contributed by atoms with Crippen LogP contribution in [0.15, 0.2) is 88.1 Å². The molecule has 2 amide bonds. The van der Waals surface area contributed by atoms with Crippen LogP contribution in [0.25, 0.3) is 11.0 Å². The molecule has 1 aliphatic rings. The van der Waals surface area contributed by atoms with Gasteiger partial charge in [0.15, 0.2) is 11.2 Å². The van der Waals surface area contributed by atoms with Crippen LogP contribution in [-0.2, 0) is 11.2 Å². The van der Waals surface area contributed by atoms with Crippen LogP contribution in [-0.4, -0.2) is 35.8 Å². The first kappa shape index (κ1) is 26.0. The molecule has 1 saturated heterocycles. The lowest BCUT2D eigenvalue weighted by atomic mass is 9.89. The molecule has 0 saturated carbocycles. The number of benzene rings is 3. The van der Waals surface area contributed by atoms with Crippen molar-refractivity contribution in [1.82, 2.24) is 10.2 Å². The molecule has 3 aromatic carbocycles. The number of hydrogen-bond acceptors (Lipinski definition) is 4. The van der Waals surface area contributed by atoms with Crippen molar-refractivity contribution in [3.05, 3.63) is 116 Å². The summed E-state index contributed by atoms with van der Waals surface area (Å²) >= 11 is 12.3. The third kappa shape index (κ3) is 5.77. The molecule has 0 aliphatic carbocycles. The van der Waals surface area contributed by atoms with E-state index in [1.54, 1.807) is 47.4 Å². The minimum Gasteiger partial charge on any atom is -0.451 e. The molecule has 38 heavy (non-hydrogen) atoms. The van der Waals surface area contributed by atoms with Crippen molar-refractivity contribution >= 4 is 46.0 Å². The maximum absolute atomic E-state index is 13.7. The van der Waals surface area contributed by atoms with E-state index in [4.69, 9.17) is 27.6 Å². The van der Waals surface area contributed by atoms with E-state index in [-0.39, 0.29) is 23.5 Å². The van der Waals surface area contributed by atoms with Crippen molar-refractivity contribution in [2.75, 3.05) is 13.1 Å². The second-order valence-electron chi connectivity index (χ2n) is 9.46. The number of para-hydroxylation sites is 1. The molecule has 1 atom stereocenters. The van der Waals surface area contributed by atoms with Gasteiger partial charge in [0, 0.05) is 25.6 Å². The Morgan fingerprint density at radius 1 is 0.921 bits per heavy atom. The number of nitrogens with zero attached hydrogens (tertiary/aromatic N) is 1. The van der Waals surface area contributed by atoms with Gasteiger partial charge in [-0.15, -0.1) is 0 Å². The minimum absolute atomic E-state index is 0.150. The Morgan fingerprint density at radius 3 is 2.37 bits per heavy atom. The largest absolute Gasteiger partial charge is 0.451 e. The van der Waals surface area contributed by atoms with Gasteiger partial charge in [0.1, 0.15) is 11.6 Å². The normalized spacial score (nSPS) is 14.8. The lowest BCUT2D eigenvalue weighted by Crippen LogP contribution is -2.51. The molecule has 1 fully saturated rings. The number of likely N-dealkylation sites (tertiary alicyclic amines) is 1. The Hall–Kier alpha value is -3.61. The Morgan fingerprint density at radius 2 is 1.63 bits per heavy atom. The molecule has 1 aliphatic heterocycles. The third-order valence-corrected chi connectivity index (χ3v) is 7.70. The van der Waals surface area contributed by atoms with E-state index in [0.717, 1.165) is 24.5 Å². The standard InChI is InChI=1S/C30H26Cl2N2O4/c31-23-11-10-19(16-24(23)32)17-25(30(37)34-14-12-21(13-15-34)20-6-2-1-3-7-20)33-29(36)28-18-26(35)22-8-4-5-9-27(22)38-28/h1-11,16,18,21,25H,12-15,17H2,(H,33,36)/t25-/m0/s1. The number of rotatable bonds is 6. The molecule has 5 rings (SSSR count). The van der Waals surface area contributed by atoms with Crippen LogP contribution in [0.4, 0.5) is 0 Å². The van der Waals surface area contributed by atoms with Crippen molar-refractivity contribution in [2.45, 2.75) is 31.2 Å². The summed E-state index contributed by atoms with van der Waals surface area (Å²) in [5.74, 6) is -0.594. The lowest BCUT2D eigenvalue weighted by Gasteiger charge is -2.34. The van der Waals surface area contributed by atoms with E-state index in [0.29, 0.717) is 40.0 Å². The zero-order valence-corrected chi connectivity index (χ0v) is 22.0. The van der Waals surface area contributed by atoms with Crippen molar-refractivity contribution < 1.29 is 14.0 Å². The van der Waals surface area contributed by atoms with Crippen LogP contribution in [0.1, 0.15) is 40.4 Å². The zero-order chi connectivity index (χ0) is 26.6. The summed E-state index contributed by atoms with van der Waals surface area (Å²) in [6.45, 7) is 1.16. The highest BCUT2D eigenvalue weighted by molar-refractivity contribution is 6.42. The van der Waals surface area contributed by atoms with Gasteiger partial charge in [-0.25, -0.2) is 0 Å². The lowest BCUT2D eigenvalue weighted by molar-refractivity contribution is -0.134. The molecule has 0 unspecified atom stereocenters. The van der Waals surface area contributed by atoms with E-state index >= 15 is 0 Å². The van der Waals surface area contributed by atoms with Crippen molar-refractivity contribution in [3.8, 4) is 0 Å². The van der Waals surface area contributed by atoms with E-state index < -0.39 is 11.9 Å². The predicted octanol–water partition coefficient (Wildman–Crippen LogP) is 5.85. The molecule has 1 N–H and O–H groups in total. The number of fused-ring (bicyclic) bond motifs is 1. The van der Waals surface area contributed by atoms with E-state index in [2.05, 4.69) is 17.4 Å². The third-order valence-electron chi connectivity index (χ3n) is 6.96. The maximum Gasteiger partial charge on any atom is 0.287 e. The number of nitrogens with one attached hydrogen (secondary N) is 1. The van der Waals surface area contributed by atoms with Gasteiger partial charge < -0.3 is 14.6 Å². The average Bonchev–Trinajstić information content (AvgIpc) is 2.95. The first-order valence-corrected chi connectivity index (χ1v) is 13.3. The Labute approximate surface area is 230 Å². The Bertz CT molecular complexity index is 1530. The van der Waals surface area contributed by atoms with Crippen LogP contribution in [0.5, 0.6) is 0 Å². The van der Waals surface area contributed by atoms with Gasteiger partial charge in [-0.2, -0.15) is 0 Å². The predicted molar refractivity (Wildman–Crippen MR) is 149 cm³/mol. The number of halogens is 2. The summed E-state index contributed by atoms with van der Waals surface area (Å²) in [5, 5.41) is 3.96. The summed E-state index contributed by atoms with van der Waals surface area (Å²) in [4.78, 5) is 41.3. The van der Waals surface area contributed by atoms with E-state index in [1.807, 2.05) is 18.2 Å². The quantitative estimate of drug-likeness (QED) is 0.328. The fourth-order valence-electron chi connectivity index (χ4n) is 4.93. The summed E-state index contributed by atoms with van der Waals surface area (Å²) in [5.41, 5.74) is 2.00. The molecule has 0 spiro atoms.